The van der Waals surface area contributed by atoms with Crippen molar-refractivity contribution < 1.29 is 0 Å². The van der Waals surface area contributed by atoms with Gasteiger partial charge in [-0.15, -0.1) is 0 Å². The van der Waals surface area contributed by atoms with Gasteiger partial charge in [0.25, 0.3) is 0 Å². The number of fused-ring (bicyclic) bond motifs is 3. The zero-order valence-corrected chi connectivity index (χ0v) is 11.2. The second-order valence-electron chi connectivity index (χ2n) is 5.80. The van der Waals surface area contributed by atoms with Gasteiger partial charge in [0.1, 0.15) is 5.82 Å². The molecule has 1 aliphatic heterocycles. The number of nitrogen functional groups attached to an aromatic ring is 1. The van der Waals surface area contributed by atoms with E-state index in [2.05, 4.69) is 15.5 Å². The molecule has 0 spiro atoms. The molecule has 0 radical (unpaired) electrons. The number of hydrogen-bond acceptors (Lipinski definition) is 3. The van der Waals surface area contributed by atoms with Crippen LogP contribution >= 0.6 is 0 Å². The van der Waals surface area contributed by atoms with Crippen LogP contribution in [0.5, 0.6) is 0 Å². The molecular formula is C15H20N4. The van der Waals surface area contributed by atoms with Gasteiger partial charge in [-0.25, -0.2) is 4.98 Å². The minimum atomic E-state index is 0.829. The lowest BCUT2D eigenvalue weighted by atomic mass is 9.91. The summed E-state index contributed by atoms with van der Waals surface area (Å²) < 4.78 is 2.37. The summed E-state index contributed by atoms with van der Waals surface area (Å²) in [7, 11) is 0. The van der Waals surface area contributed by atoms with Gasteiger partial charge in [-0.05, 0) is 31.0 Å². The zero-order valence-electron chi connectivity index (χ0n) is 11.2. The van der Waals surface area contributed by atoms with Gasteiger partial charge < -0.3 is 10.3 Å². The van der Waals surface area contributed by atoms with Gasteiger partial charge in [-0.1, -0.05) is 6.42 Å². The Balaban J connectivity index is 1.67. The van der Waals surface area contributed by atoms with Crippen molar-refractivity contribution in [2.75, 3.05) is 18.8 Å². The van der Waals surface area contributed by atoms with E-state index >= 15 is 0 Å². The van der Waals surface area contributed by atoms with Gasteiger partial charge in [0.15, 0.2) is 0 Å². The molecule has 0 saturated heterocycles. The fourth-order valence-electron chi connectivity index (χ4n) is 3.33. The van der Waals surface area contributed by atoms with E-state index in [9.17, 15) is 0 Å². The molecule has 0 bridgehead atoms. The highest BCUT2D eigenvalue weighted by Crippen LogP contribution is 2.27. The number of nitrogens with two attached hydrogens (primary N) is 1. The van der Waals surface area contributed by atoms with Crippen molar-refractivity contribution in [2.45, 2.75) is 38.3 Å². The first kappa shape index (κ1) is 11.3. The van der Waals surface area contributed by atoms with Gasteiger partial charge >= 0.3 is 0 Å². The van der Waals surface area contributed by atoms with Crippen LogP contribution in [0.2, 0.25) is 0 Å². The summed E-state index contributed by atoms with van der Waals surface area (Å²) in [5.74, 6) is 1.22. The highest BCUT2D eigenvalue weighted by molar-refractivity contribution is 5.79. The Morgan fingerprint density at radius 3 is 2.84 bits per heavy atom. The van der Waals surface area contributed by atoms with Gasteiger partial charge in [-0.3, -0.25) is 4.90 Å². The highest BCUT2D eigenvalue weighted by Gasteiger charge is 2.27. The van der Waals surface area contributed by atoms with E-state index in [1.165, 1.54) is 30.6 Å². The smallest absolute Gasteiger partial charge is 0.111 e. The average molecular weight is 256 g/mol. The van der Waals surface area contributed by atoms with Crippen LogP contribution in [-0.4, -0.2) is 33.6 Å². The number of aromatic nitrogens is 2. The van der Waals surface area contributed by atoms with Gasteiger partial charge in [0.05, 0.1) is 11.0 Å². The molecule has 2 aliphatic rings. The normalized spacial score (nSPS) is 21.1. The first-order valence-corrected chi connectivity index (χ1v) is 7.30. The van der Waals surface area contributed by atoms with Crippen LogP contribution < -0.4 is 5.73 Å². The molecule has 4 heteroatoms. The van der Waals surface area contributed by atoms with Gasteiger partial charge in [0.2, 0.25) is 0 Å². The molecule has 4 rings (SSSR count). The summed E-state index contributed by atoms with van der Waals surface area (Å²) in [6.07, 6.45) is 5.24. The lowest BCUT2D eigenvalue weighted by molar-refractivity contribution is 0.130. The van der Waals surface area contributed by atoms with E-state index in [-0.39, 0.29) is 0 Å². The van der Waals surface area contributed by atoms with Crippen molar-refractivity contribution in [1.82, 2.24) is 14.5 Å². The fraction of sp³-hybridized carbons (Fsp3) is 0.533. The van der Waals surface area contributed by atoms with Crippen LogP contribution in [0.3, 0.4) is 0 Å². The number of benzene rings is 1. The maximum atomic E-state index is 5.91. The summed E-state index contributed by atoms with van der Waals surface area (Å²) in [5, 5.41) is 0. The molecule has 0 atom stereocenters. The summed E-state index contributed by atoms with van der Waals surface area (Å²) in [4.78, 5) is 7.42. The minimum Gasteiger partial charge on any atom is -0.399 e. The molecule has 1 fully saturated rings. The van der Waals surface area contributed by atoms with Crippen molar-refractivity contribution in [3.05, 3.63) is 24.0 Å². The third kappa shape index (κ3) is 1.82. The van der Waals surface area contributed by atoms with Gasteiger partial charge in [0, 0.05) is 37.8 Å². The molecule has 0 amide bonds. The number of rotatable bonds is 1. The summed E-state index contributed by atoms with van der Waals surface area (Å²) in [6, 6.07) is 6.87. The Morgan fingerprint density at radius 1 is 1.16 bits per heavy atom. The van der Waals surface area contributed by atoms with E-state index in [1.807, 2.05) is 12.1 Å². The first-order valence-electron chi connectivity index (χ1n) is 7.30. The van der Waals surface area contributed by atoms with Crippen molar-refractivity contribution >= 4 is 16.7 Å². The first-order chi connectivity index (χ1) is 9.31. The molecular weight excluding hydrogens is 236 g/mol. The van der Waals surface area contributed by atoms with Crippen molar-refractivity contribution in [1.29, 1.82) is 0 Å². The Bertz CT molecular complexity index is 612. The minimum absolute atomic E-state index is 0.829. The largest absolute Gasteiger partial charge is 0.399 e. The molecule has 19 heavy (non-hydrogen) atoms. The van der Waals surface area contributed by atoms with Crippen molar-refractivity contribution in [2.24, 2.45) is 0 Å². The van der Waals surface area contributed by atoms with E-state index in [1.54, 1.807) is 0 Å². The van der Waals surface area contributed by atoms with Crippen LogP contribution in [0.15, 0.2) is 18.2 Å². The maximum absolute atomic E-state index is 5.91. The van der Waals surface area contributed by atoms with E-state index in [4.69, 9.17) is 10.7 Å². The third-order valence-corrected chi connectivity index (χ3v) is 4.68. The van der Waals surface area contributed by atoms with Crippen LogP contribution in [0.1, 0.15) is 25.1 Å². The molecule has 2 heterocycles. The maximum Gasteiger partial charge on any atom is 0.111 e. The average Bonchev–Trinajstić information content (AvgIpc) is 2.54. The van der Waals surface area contributed by atoms with Crippen LogP contribution in [0, 0.1) is 0 Å². The van der Waals surface area contributed by atoms with Crippen LogP contribution in [0.4, 0.5) is 5.69 Å². The third-order valence-electron chi connectivity index (χ3n) is 4.68. The molecule has 2 N–H and O–H groups in total. The van der Waals surface area contributed by atoms with E-state index in [0.29, 0.717) is 0 Å². The predicted molar refractivity (Wildman–Crippen MR) is 77.1 cm³/mol. The Labute approximate surface area is 113 Å². The van der Waals surface area contributed by atoms with Crippen molar-refractivity contribution in [3.63, 3.8) is 0 Å². The molecule has 2 aromatic rings. The topological polar surface area (TPSA) is 47.1 Å². The van der Waals surface area contributed by atoms with E-state index < -0.39 is 0 Å². The second kappa shape index (κ2) is 4.23. The molecule has 1 saturated carbocycles. The Hall–Kier alpha value is -1.55. The van der Waals surface area contributed by atoms with Crippen molar-refractivity contribution in [3.8, 4) is 0 Å². The Kier molecular flexibility index (Phi) is 2.52. The summed E-state index contributed by atoms with van der Waals surface area (Å²) in [5.41, 5.74) is 9.02. The molecule has 1 aromatic carbocycles. The lowest BCUT2D eigenvalue weighted by Gasteiger charge is -2.36. The fourth-order valence-corrected chi connectivity index (χ4v) is 3.33. The monoisotopic (exact) mass is 256 g/mol. The predicted octanol–water partition coefficient (Wildman–Crippen LogP) is 2.03. The lowest BCUT2D eigenvalue weighted by Crippen LogP contribution is -2.41. The standard InChI is InChI=1S/C15H20N4/c16-11-4-5-13-14(10-11)19-9-8-18(12-2-1-3-12)7-6-15(19)17-13/h4-5,10,12H,1-3,6-9,16H2. The molecule has 100 valence electrons. The van der Waals surface area contributed by atoms with Crippen LogP contribution in [-0.2, 0) is 13.0 Å². The molecule has 1 aliphatic carbocycles. The van der Waals surface area contributed by atoms with Gasteiger partial charge in [-0.2, -0.15) is 0 Å². The molecule has 1 aromatic heterocycles. The van der Waals surface area contributed by atoms with Crippen LogP contribution in [0.25, 0.3) is 11.0 Å². The highest BCUT2D eigenvalue weighted by atomic mass is 15.2. The quantitative estimate of drug-likeness (QED) is 0.794. The number of anilines is 1. The number of imidazole rings is 1. The van der Waals surface area contributed by atoms with E-state index in [0.717, 1.165) is 43.3 Å². The molecule has 4 nitrogen and oxygen atoms in total. The summed E-state index contributed by atoms with van der Waals surface area (Å²) in [6.45, 7) is 3.35. The second-order valence-corrected chi connectivity index (χ2v) is 5.80. The SMILES string of the molecule is Nc1ccc2nc3n(c2c1)CCN(C1CCC1)CC3. The zero-order chi connectivity index (χ0) is 12.8. The Morgan fingerprint density at radius 2 is 2.05 bits per heavy atom. The summed E-state index contributed by atoms with van der Waals surface area (Å²) >= 11 is 0. The molecule has 0 unspecified atom stereocenters. The number of hydrogen-bond donors (Lipinski definition) is 1. The number of nitrogens with zero attached hydrogens (tertiary/aromatic N) is 3.